The van der Waals surface area contributed by atoms with Crippen molar-refractivity contribution in [2.45, 2.75) is 43.3 Å². The first-order chi connectivity index (χ1) is 17.8. The van der Waals surface area contributed by atoms with Crippen molar-refractivity contribution in [2.75, 3.05) is 32.7 Å². The zero-order chi connectivity index (χ0) is 26.0. The quantitative estimate of drug-likeness (QED) is 0.438. The molecule has 1 aromatic heterocycles. The highest BCUT2D eigenvalue weighted by molar-refractivity contribution is 5.91. The summed E-state index contributed by atoms with van der Waals surface area (Å²) < 4.78 is 26.4. The molecule has 2 aromatic carbocycles. The number of nitrogens with zero attached hydrogens (tertiary/aromatic N) is 2. The van der Waals surface area contributed by atoms with Gasteiger partial charge in [-0.05, 0) is 80.1 Å². The lowest BCUT2D eigenvalue weighted by molar-refractivity contribution is -0.140. The third-order valence-electron chi connectivity index (χ3n) is 8.00. The minimum atomic E-state index is -1.24. The Balaban J connectivity index is 1.10. The van der Waals surface area contributed by atoms with Crippen molar-refractivity contribution in [3.63, 3.8) is 0 Å². The molecular weight excluding hydrogens is 476 g/mol. The van der Waals surface area contributed by atoms with Crippen LogP contribution in [-0.4, -0.2) is 75.3 Å². The Labute approximate surface area is 215 Å². The van der Waals surface area contributed by atoms with E-state index in [1.807, 2.05) is 6.07 Å². The Kier molecular flexibility index (Phi) is 7.42. The van der Waals surface area contributed by atoms with Gasteiger partial charge in [0.05, 0.1) is 11.7 Å². The number of benzene rings is 2. The van der Waals surface area contributed by atoms with Crippen LogP contribution in [0, 0.1) is 11.6 Å². The van der Waals surface area contributed by atoms with Gasteiger partial charge in [-0.25, -0.2) is 8.78 Å². The van der Waals surface area contributed by atoms with E-state index in [1.54, 1.807) is 4.90 Å². The molecule has 5 rings (SSSR count). The molecule has 0 radical (unpaired) electrons. The molecule has 1 unspecified atom stereocenters. The first kappa shape index (κ1) is 25.6. The van der Waals surface area contributed by atoms with Gasteiger partial charge in [0.15, 0.2) is 11.6 Å². The van der Waals surface area contributed by atoms with Crippen LogP contribution in [0.25, 0.3) is 17.0 Å². The maximum absolute atomic E-state index is 13.4. The number of aliphatic hydroxyl groups excluding tert-OH is 1. The molecule has 3 aromatic rings. The smallest absolute Gasteiger partial charge is 0.246 e. The van der Waals surface area contributed by atoms with E-state index in [1.165, 1.54) is 29.2 Å². The number of aliphatic hydroxyl groups is 2. The topological polar surface area (TPSA) is 79.8 Å². The van der Waals surface area contributed by atoms with Crippen LogP contribution in [0.2, 0.25) is 0 Å². The summed E-state index contributed by atoms with van der Waals surface area (Å²) >= 11 is 0. The van der Waals surface area contributed by atoms with Crippen LogP contribution in [0.1, 0.15) is 42.7 Å². The number of aromatic nitrogens is 1. The maximum Gasteiger partial charge on any atom is 0.246 e. The van der Waals surface area contributed by atoms with E-state index >= 15 is 0 Å². The second kappa shape index (κ2) is 10.7. The number of hydrogen-bond donors (Lipinski definition) is 3. The Hall–Kier alpha value is -3.07. The molecule has 8 heteroatoms. The average Bonchev–Trinajstić information content (AvgIpc) is 3.34. The molecular formula is C29H33F2N3O3. The van der Waals surface area contributed by atoms with Crippen LogP contribution in [0.15, 0.2) is 54.7 Å². The highest BCUT2D eigenvalue weighted by Gasteiger charge is 2.40. The summed E-state index contributed by atoms with van der Waals surface area (Å²) in [6.45, 7) is 2.75. The van der Waals surface area contributed by atoms with Gasteiger partial charge in [0, 0.05) is 42.8 Å². The van der Waals surface area contributed by atoms with Gasteiger partial charge >= 0.3 is 0 Å². The molecule has 3 N–H and O–H groups in total. The summed E-state index contributed by atoms with van der Waals surface area (Å²) in [5, 5.41) is 23.3. The number of aromatic amines is 1. The lowest BCUT2D eigenvalue weighted by Gasteiger charge is -2.43. The molecule has 0 aliphatic carbocycles. The minimum Gasteiger partial charge on any atom is -0.389 e. The van der Waals surface area contributed by atoms with E-state index < -0.39 is 23.3 Å². The lowest BCUT2D eigenvalue weighted by atomic mass is 9.84. The lowest BCUT2D eigenvalue weighted by Crippen LogP contribution is -2.56. The van der Waals surface area contributed by atoms with Gasteiger partial charge in [0.2, 0.25) is 5.91 Å². The van der Waals surface area contributed by atoms with E-state index in [-0.39, 0.29) is 18.7 Å². The fourth-order valence-corrected chi connectivity index (χ4v) is 5.61. The third kappa shape index (κ3) is 5.61. The van der Waals surface area contributed by atoms with E-state index in [2.05, 4.69) is 34.3 Å². The second-order valence-electron chi connectivity index (χ2n) is 10.3. The van der Waals surface area contributed by atoms with Crippen molar-refractivity contribution in [1.82, 2.24) is 14.8 Å². The zero-order valence-electron chi connectivity index (χ0n) is 20.7. The van der Waals surface area contributed by atoms with Gasteiger partial charge in [-0.2, -0.15) is 0 Å². The molecule has 1 amide bonds. The number of halogens is 2. The Bertz CT molecular complexity index is 1270. The molecule has 0 saturated carbocycles. The molecule has 0 bridgehead atoms. The minimum absolute atomic E-state index is 0.263. The zero-order valence-corrected chi connectivity index (χ0v) is 20.7. The summed E-state index contributed by atoms with van der Waals surface area (Å²) in [4.78, 5) is 19.7. The summed E-state index contributed by atoms with van der Waals surface area (Å²) in [6, 6.07) is 11.8. The number of amides is 1. The van der Waals surface area contributed by atoms with E-state index in [0.29, 0.717) is 31.1 Å². The number of H-pyrrole nitrogens is 1. The summed E-state index contributed by atoms with van der Waals surface area (Å²) in [5.41, 5.74) is 1.66. The molecule has 2 saturated heterocycles. The van der Waals surface area contributed by atoms with E-state index in [4.69, 9.17) is 0 Å². The summed E-state index contributed by atoms with van der Waals surface area (Å²) in [7, 11) is 0. The molecule has 1 atom stereocenters. The first-order valence-electron chi connectivity index (χ1n) is 12.9. The van der Waals surface area contributed by atoms with E-state index in [0.717, 1.165) is 43.6 Å². The number of fused-ring (bicyclic) bond motifs is 1. The van der Waals surface area contributed by atoms with Crippen molar-refractivity contribution in [2.24, 2.45) is 0 Å². The van der Waals surface area contributed by atoms with Gasteiger partial charge in [-0.1, -0.05) is 24.3 Å². The van der Waals surface area contributed by atoms with Gasteiger partial charge in [-0.15, -0.1) is 0 Å². The molecule has 2 aliphatic rings. The van der Waals surface area contributed by atoms with Crippen molar-refractivity contribution < 1.29 is 23.8 Å². The van der Waals surface area contributed by atoms with Gasteiger partial charge < -0.3 is 25.0 Å². The van der Waals surface area contributed by atoms with Gasteiger partial charge in [0.25, 0.3) is 0 Å². The summed E-state index contributed by atoms with van der Waals surface area (Å²) in [6.07, 6.45) is 6.55. The summed E-state index contributed by atoms with van der Waals surface area (Å²) in [5.74, 6) is -1.69. The van der Waals surface area contributed by atoms with Crippen molar-refractivity contribution in [1.29, 1.82) is 0 Å². The van der Waals surface area contributed by atoms with Crippen LogP contribution >= 0.6 is 0 Å². The number of piperidine rings is 2. The molecule has 2 fully saturated rings. The largest absolute Gasteiger partial charge is 0.389 e. The van der Waals surface area contributed by atoms with Gasteiger partial charge in [0.1, 0.15) is 0 Å². The SMILES string of the molecule is O=C(/C=C/c1ccc(F)c(F)c1)N1CCC(O)(C(O)CN2CCC(c3c[nH]c4ccccc34)CC2)CC1. The highest BCUT2D eigenvalue weighted by Crippen LogP contribution is 2.34. The fraction of sp³-hybridized carbons (Fsp3) is 0.414. The number of β-amino-alcohol motifs (C(OH)–C–C–N with tert-alkyl or cyclic N) is 1. The normalized spacial score (nSPS) is 20.1. The highest BCUT2D eigenvalue weighted by atomic mass is 19.2. The Morgan fingerprint density at radius 2 is 1.81 bits per heavy atom. The van der Waals surface area contributed by atoms with Crippen molar-refractivity contribution in [3.8, 4) is 0 Å². The molecule has 3 heterocycles. The fourth-order valence-electron chi connectivity index (χ4n) is 5.61. The number of rotatable bonds is 6. The molecule has 2 aliphatic heterocycles. The van der Waals surface area contributed by atoms with Crippen LogP contribution in [0.4, 0.5) is 8.78 Å². The molecule has 37 heavy (non-hydrogen) atoms. The number of para-hydroxylation sites is 1. The first-order valence-corrected chi connectivity index (χ1v) is 12.9. The average molecular weight is 510 g/mol. The molecule has 0 spiro atoms. The standard InChI is InChI=1S/C29H33F2N3O3/c30-24-7-5-20(17-25(24)31)6-8-28(36)34-15-11-29(37,12-16-34)27(35)19-33-13-9-21(10-14-33)23-18-32-26-4-2-1-3-22(23)26/h1-8,17-18,21,27,32,35,37H,9-16,19H2/b8-6+. The van der Waals surface area contributed by atoms with E-state index in [9.17, 15) is 23.8 Å². The van der Waals surface area contributed by atoms with Crippen LogP contribution in [-0.2, 0) is 4.79 Å². The van der Waals surface area contributed by atoms with Crippen LogP contribution in [0.5, 0.6) is 0 Å². The van der Waals surface area contributed by atoms with Crippen LogP contribution in [0.3, 0.4) is 0 Å². The number of carbonyl (C=O) groups is 1. The van der Waals surface area contributed by atoms with Crippen molar-refractivity contribution in [3.05, 3.63) is 77.5 Å². The monoisotopic (exact) mass is 509 g/mol. The second-order valence-corrected chi connectivity index (χ2v) is 10.3. The molecule has 196 valence electrons. The Morgan fingerprint density at radius 1 is 1.08 bits per heavy atom. The number of carbonyl (C=O) groups excluding carboxylic acids is 1. The van der Waals surface area contributed by atoms with Crippen LogP contribution < -0.4 is 0 Å². The Morgan fingerprint density at radius 3 is 2.54 bits per heavy atom. The van der Waals surface area contributed by atoms with Gasteiger partial charge in [-0.3, -0.25) is 4.79 Å². The predicted octanol–water partition coefficient (Wildman–Crippen LogP) is 4.05. The third-order valence-corrected chi connectivity index (χ3v) is 8.00. The number of hydrogen-bond acceptors (Lipinski definition) is 4. The maximum atomic E-state index is 13.4. The predicted molar refractivity (Wildman–Crippen MR) is 139 cm³/mol. The number of likely N-dealkylation sites (tertiary alicyclic amines) is 2. The van der Waals surface area contributed by atoms with Crippen molar-refractivity contribution >= 4 is 22.9 Å². The molecule has 6 nitrogen and oxygen atoms in total. The number of nitrogens with one attached hydrogen (secondary N) is 1.